The molecule has 0 amide bonds. The lowest BCUT2D eigenvalue weighted by Gasteiger charge is -2.14. The largest absolute Gasteiger partial charge is 0.495 e. The number of benzene rings is 2. The lowest BCUT2D eigenvalue weighted by atomic mass is 10.1. The van der Waals surface area contributed by atoms with Crippen LogP contribution >= 0.6 is 15.9 Å². The van der Waals surface area contributed by atoms with Gasteiger partial charge in [-0.05, 0) is 36.2 Å². The summed E-state index contributed by atoms with van der Waals surface area (Å²) in [6, 6.07) is 12.2. The molecule has 112 valence electrons. The Morgan fingerprint density at radius 3 is 2.57 bits per heavy atom. The van der Waals surface area contributed by atoms with Crippen molar-refractivity contribution < 1.29 is 13.2 Å². The second-order valence-electron chi connectivity index (χ2n) is 4.41. The molecule has 0 aliphatic carbocycles. The number of methoxy groups -OCH3 is 1. The van der Waals surface area contributed by atoms with Crippen molar-refractivity contribution in [3.63, 3.8) is 0 Å². The summed E-state index contributed by atoms with van der Waals surface area (Å²) in [4.78, 5) is 0.102. The minimum atomic E-state index is -3.72. The van der Waals surface area contributed by atoms with Crippen LogP contribution in [0.25, 0.3) is 0 Å². The van der Waals surface area contributed by atoms with Crippen LogP contribution in [0.3, 0.4) is 0 Å². The van der Waals surface area contributed by atoms with Crippen LogP contribution in [0.5, 0.6) is 5.75 Å². The Bertz CT molecular complexity index is 744. The van der Waals surface area contributed by atoms with Crippen molar-refractivity contribution in [3.8, 4) is 5.75 Å². The molecule has 0 unspecified atom stereocenters. The first-order valence-corrected chi connectivity index (χ1v) is 8.70. The molecule has 0 aromatic heterocycles. The minimum Gasteiger partial charge on any atom is -0.495 e. The second kappa shape index (κ2) is 6.49. The van der Waals surface area contributed by atoms with Crippen molar-refractivity contribution in [2.24, 2.45) is 0 Å². The molecule has 0 bridgehead atoms. The Kier molecular flexibility index (Phi) is 4.90. The van der Waals surface area contributed by atoms with Crippen LogP contribution < -0.4 is 9.46 Å². The van der Waals surface area contributed by atoms with Crippen molar-refractivity contribution in [1.82, 2.24) is 0 Å². The zero-order chi connectivity index (χ0) is 15.5. The smallest absolute Gasteiger partial charge is 0.265 e. The topological polar surface area (TPSA) is 55.4 Å². The summed E-state index contributed by atoms with van der Waals surface area (Å²) in [6.45, 7) is 1.98. The van der Waals surface area contributed by atoms with Gasteiger partial charge in [0.15, 0.2) is 0 Å². The maximum Gasteiger partial charge on any atom is 0.265 e. The third kappa shape index (κ3) is 3.57. The van der Waals surface area contributed by atoms with Crippen LogP contribution in [-0.2, 0) is 16.4 Å². The first-order chi connectivity index (χ1) is 9.97. The van der Waals surface area contributed by atoms with E-state index in [0.29, 0.717) is 15.9 Å². The number of hydrogen-bond acceptors (Lipinski definition) is 3. The molecule has 0 saturated carbocycles. The average Bonchev–Trinajstić information content (AvgIpc) is 2.47. The van der Waals surface area contributed by atoms with Crippen molar-refractivity contribution in [3.05, 3.63) is 52.5 Å². The molecule has 0 aliphatic rings. The van der Waals surface area contributed by atoms with Crippen molar-refractivity contribution in [2.75, 3.05) is 11.8 Å². The zero-order valence-electron chi connectivity index (χ0n) is 11.8. The molecule has 0 saturated heterocycles. The highest BCUT2D eigenvalue weighted by molar-refractivity contribution is 9.10. The highest BCUT2D eigenvalue weighted by Gasteiger charge is 2.20. The van der Waals surface area contributed by atoms with Crippen LogP contribution in [-0.4, -0.2) is 15.5 Å². The molecule has 4 nitrogen and oxygen atoms in total. The molecule has 0 fully saturated rings. The highest BCUT2D eigenvalue weighted by atomic mass is 79.9. The molecule has 0 atom stereocenters. The number of nitrogens with one attached hydrogen (secondary N) is 1. The van der Waals surface area contributed by atoms with Gasteiger partial charge in [0.2, 0.25) is 0 Å². The normalized spacial score (nSPS) is 11.2. The van der Waals surface area contributed by atoms with Gasteiger partial charge < -0.3 is 4.74 Å². The molecule has 21 heavy (non-hydrogen) atoms. The van der Waals surface area contributed by atoms with Gasteiger partial charge >= 0.3 is 0 Å². The van der Waals surface area contributed by atoms with Crippen LogP contribution in [0, 0.1) is 0 Å². The number of halogens is 1. The molecule has 0 aliphatic heterocycles. The van der Waals surface area contributed by atoms with Gasteiger partial charge in [0.1, 0.15) is 10.6 Å². The van der Waals surface area contributed by atoms with Gasteiger partial charge in [-0.3, -0.25) is 4.72 Å². The molecular formula is C15H16BrNO3S. The number of sulfonamides is 1. The fraction of sp³-hybridized carbons (Fsp3) is 0.200. The predicted molar refractivity (Wildman–Crippen MR) is 87.3 cm³/mol. The molecular weight excluding hydrogens is 354 g/mol. The minimum absolute atomic E-state index is 0.102. The highest BCUT2D eigenvalue weighted by Crippen LogP contribution is 2.29. The molecule has 6 heteroatoms. The SMILES string of the molecule is CCc1ccccc1NS(=O)(=O)c1cc(Br)ccc1OC. The van der Waals surface area contributed by atoms with Crippen LogP contribution in [0.2, 0.25) is 0 Å². The van der Waals surface area contributed by atoms with Gasteiger partial charge in [-0.1, -0.05) is 41.1 Å². The first kappa shape index (κ1) is 15.9. The third-order valence-electron chi connectivity index (χ3n) is 3.06. The molecule has 0 spiro atoms. The summed E-state index contributed by atoms with van der Waals surface area (Å²) in [5, 5.41) is 0. The van der Waals surface area contributed by atoms with Gasteiger partial charge in [0, 0.05) is 4.47 Å². The number of rotatable bonds is 5. The standard InChI is InChI=1S/C15H16BrNO3S/c1-3-11-6-4-5-7-13(11)17-21(18,19)15-10-12(16)8-9-14(15)20-2/h4-10,17H,3H2,1-2H3. The summed E-state index contributed by atoms with van der Waals surface area (Å²) in [7, 11) is -2.27. The summed E-state index contributed by atoms with van der Waals surface area (Å²) in [5.74, 6) is 0.305. The quantitative estimate of drug-likeness (QED) is 0.871. The monoisotopic (exact) mass is 369 g/mol. The number of hydrogen-bond donors (Lipinski definition) is 1. The summed E-state index contributed by atoms with van der Waals surface area (Å²) < 4.78 is 33.6. The van der Waals surface area contributed by atoms with E-state index in [1.807, 2.05) is 19.1 Å². The average molecular weight is 370 g/mol. The molecule has 2 aromatic carbocycles. The summed E-state index contributed by atoms with van der Waals surface area (Å²) in [6.07, 6.45) is 0.744. The van der Waals surface area contributed by atoms with E-state index in [2.05, 4.69) is 20.7 Å². The van der Waals surface area contributed by atoms with Crippen LogP contribution in [0.15, 0.2) is 51.8 Å². The second-order valence-corrected chi connectivity index (χ2v) is 6.98. The summed E-state index contributed by atoms with van der Waals surface area (Å²) >= 11 is 3.28. The van der Waals surface area contributed by atoms with E-state index in [4.69, 9.17) is 4.74 Å². The Morgan fingerprint density at radius 2 is 1.90 bits per heavy atom. The van der Waals surface area contributed by atoms with E-state index < -0.39 is 10.0 Å². The van der Waals surface area contributed by atoms with Gasteiger partial charge in [0.05, 0.1) is 12.8 Å². The van der Waals surface area contributed by atoms with E-state index in [1.165, 1.54) is 13.2 Å². The van der Waals surface area contributed by atoms with Gasteiger partial charge in [-0.2, -0.15) is 0 Å². The predicted octanol–water partition coefficient (Wildman–Crippen LogP) is 3.82. The zero-order valence-corrected chi connectivity index (χ0v) is 14.2. The van der Waals surface area contributed by atoms with E-state index in [9.17, 15) is 8.42 Å². The fourth-order valence-electron chi connectivity index (χ4n) is 1.99. The first-order valence-electron chi connectivity index (χ1n) is 6.42. The van der Waals surface area contributed by atoms with Crippen molar-refractivity contribution in [1.29, 1.82) is 0 Å². The molecule has 0 radical (unpaired) electrons. The molecule has 0 heterocycles. The molecule has 2 rings (SSSR count). The number of ether oxygens (including phenoxy) is 1. The maximum atomic E-state index is 12.6. The van der Waals surface area contributed by atoms with Crippen molar-refractivity contribution >= 4 is 31.6 Å². The van der Waals surface area contributed by atoms with Crippen LogP contribution in [0.1, 0.15) is 12.5 Å². The van der Waals surface area contributed by atoms with Gasteiger partial charge in [0.25, 0.3) is 10.0 Å². The van der Waals surface area contributed by atoms with E-state index >= 15 is 0 Å². The molecule has 2 aromatic rings. The Hall–Kier alpha value is -1.53. The van der Waals surface area contributed by atoms with E-state index in [0.717, 1.165) is 12.0 Å². The lowest BCUT2D eigenvalue weighted by Crippen LogP contribution is -2.15. The number of anilines is 1. The number of aryl methyl sites for hydroxylation is 1. The Morgan fingerprint density at radius 1 is 1.19 bits per heavy atom. The maximum absolute atomic E-state index is 12.6. The third-order valence-corrected chi connectivity index (χ3v) is 4.94. The lowest BCUT2D eigenvalue weighted by molar-refractivity contribution is 0.403. The van der Waals surface area contributed by atoms with E-state index in [1.54, 1.807) is 24.3 Å². The Balaban J connectivity index is 2.46. The van der Waals surface area contributed by atoms with Crippen molar-refractivity contribution in [2.45, 2.75) is 18.2 Å². The van der Waals surface area contributed by atoms with Gasteiger partial charge in [-0.15, -0.1) is 0 Å². The van der Waals surface area contributed by atoms with Gasteiger partial charge in [-0.25, -0.2) is 8.42 Å². The number of para-hydroxylation sites is 1. The van der Waals surface area contributed by atoms with Crippen LogP contribution in [0.4, 0.5) is 5.69 Å². The summed E-state index contributed by atoms with van der Waals surface area (Å²) in [5.41, 5.74) is 1.53. The Labute approximate surface area is 133 Å². The fourth-order valence-corrected chi connectivity index (χ4v) is 3.80. The van der Waals surface area contributed by atoms with E-state index in [-0.39, 0.29) is 4.90 Å². The molecule has 1 N–H and O–H groups in total.